The molecule has 4 rings (SSSR count). The van der Waals surface area contributed by atoms with Crippen LogP contribution in [-0.2, 0) is 0 Å². The standard InChI is InChI=1S/C24H22ClN3O2/c1-27(2)20-11-5-17(6-12-20)23-15-22(16-3-9-19(25)10-4-16)26-28(23)21-13-7-18(8-14-21)24(29)30/h3-14,23H,15H2,1-2H3,(H,29,30)/t23-/m0/s1. The third kappa shape index (κ3) is 4.02. The second-order valence-electron chi connectivity index (χ2n) is 7.46. The smallest absolute Gasteiger partial charge is 0.335 e. The van der Waals surface area contributed by atoms with Crippen molar-refractivity contribution in [3.63, 3.8) is 0 Å². The Bertz CT molecular complexity index is 1070. The summed E-state index contributed by atoms with van der Waals surface area (Å²) in [4.78, 5) is 13.3. The molecular formula is C24H22ClN3O2. The van der Waals surface area contributed by atoms with Gasteiger partial charge in [-0.1, -0.05) is 35.9 Å². The Balaban J connectivity index is 1.71. The molecule has 0 fully saturated rings. The number of halogens is 1. The van der Waals surface area contributed by atoms with Gasteiger partial charge in [-0.05, 0) is 59.7 Å². The Kier molecular flexibility index (Phi) is 5.46. The normalized spacial score (nSPS) is 15.8. The van der Waals surface area contributed by atoms with Crippen LogP contribution in [0.15, 0.2) is 77.9 Å². The van der Waals surface area contributed by atoms with Gasteiger partial charge in [0.1, 0.15) is 0 Å². The van der Waals surface area contributed by atoms with Crippen LogP contribution >= 0.6 is 11.6 Å². The average Bonchev–Trinajstić information content (AvgIpc) is 3.20. The van der Waals surface area contributed by atoms with Crippen molar-refractivity contribution in [3.05, 3.63) is 94.5 Å². The maximum absolute atomic E-state index is 11.2. The number of rotatable bonds is 5. The molecule has 3 aromatic carbocycles. The monoisotopic (exact) mass is 419 g/mol. The van der Waals surface area contributed by atoms with Crippen molar-refractivity contribution in [1.82, 2.24) is 0 Å². The summed E-state index contributed by atoms with van der Waals surface area (Å²) in [5, 5.41) is 16.8. The number of aromatic carboxylic acids is 1. The fourth-order valence-electron chi connectivity index (χ4n) is 3.58. The van der Waals surface area contributed by atoms with Crippen LogP contribution in [0.1, 0.15) is 33.9 Å². The number of benzene rings is 3. The SMILES string of the molecule is CN(C)c1ccc([C@@H]2CC(c3ccc(Cl)cc3)=NN2c2ccc(C(=O)O)cc2)cc1. The molecule has 1 atom stereocenters. The molecule has 0 saturated carbocycles. The minimum Gasteiger partial charge on any atom is -0.478 e. The summed E-state index contributed by atoms with van der Waals surface area (Å²) >= 11 is 6.05. The number of carboxylic acid groups (broad SMARTS) is 1. The van der Waals surface area contributed by atoms with Gasteiger partial charge < -0.3 is 10.0 Å². The molecule has 1 N–H and O–H groups in total. The molecule has 3 aromatic rings. The summed E-state index contributed by atoms with van der Waals surface area (Å²) in [6.07, 6.45) is 0.740. The quantitative estimate of drug-likeness (QED) is 0.596. The fraction of sp³-hybridized carbons (Fsp3) is 0.167. The molecule has 6 heteroatoms. The maximum Gasteiger partial charge on any atom is 0.335 e. The van der Waals surface area contributed by atoms with Crippen molar-refractivity contribution >= 4 is 34.7 Å². The molecule has 1 heterocycles. The highest BCUT2D eigenvalue weighted by Crippen LogP contribution is 2.37. The first-order valence-corrected chi connectivity index (χ1v) is 10.0. The molecule has 0 radical (unpaired) electrons. The molecule has 1 aliphatic heterocycles. The van der Waals surface area contributed by atoms with Gasteiger partial charge >= 0.3 is 5.97 Å². The van der Waals surface area contributed by atoms with Crippen LogP contribution in [0.4, 0.5) is 11.4 Å². The van der Waals surface area contributed by atoms with Crippen LogP contribution < -0.4 is 9.91 Å². The van der Waals surface area contributed by atoms with E-state index in [0.29, 0.717) is 5.02 Å². The van der Waals surface area contributed by atoms with E-state index in [1.807, 2.05) is 43.4 Å². The highest BCUT2D eigenvalue weighted by Gasteiger charge is 2.30. The van der Waals surface area contributed by atoms with E-state index in [9.17, 15) is 9.90 Å². The molecule has 1 aliphatic rings. The zero-order chi connectivity index (χ0) is 21.3. The molecule has 0 saturated heterocycles. The second-order valence-corrected chi connectivity index (χ2v) is 7.89. The first kappa shape index (κ1) is 20.0. The van der Waals surface area contributed by atoms with Crippen LogP contribution in [0.3, 0.4) is 0 Å². The van der Waals surface area contributed by atoms with Crippen LogP contribution in [0, 0.1) is 0 Å². The molecule has 0 amide bonds. The first-order valence-electron chi connectivity index (χ1n) is 9.65. The van der Waals surface area contributed by atoms with Crippen LogP contribution in [0.2, 0.25) is 5.02 Å². The van der Waals surface area contributed by atoms with Gasteiger partial charge in [-0.15, -0.1) is 0 Å². The zero-order valence-electron chi connectivity index (χ0n) is 16.8. The van der Waals surface area contributed by atoms with Crippen molar-refractivity contribution in [1.29, 1.82) is 0 Å². The van der Waals surface area contributed by atoms with E-state index in [0.717, 1.165) is 34.6 Å². The lowest BCUT2D eigenvalue weighted by molar-refractivity contribution is 0.0697. The van der Waals surface area contributed by atoms with Crippen LogP contribution in [0.25, 0.3) is 0 Å². The van der Waals surface area contributed by atoms with E-state index in [4.69, 9.17) is 16.7 Å². The Labute approximate surface area is 180 Å². The van der Waals surface area contributed by atoms with Crippen LogP contribution in [-0.4, -0.2) is 30.9 Å². The molecular weight excluding hydrogens is 398 g/mol. The summed E-state index contributed by atoms with van der Waals surface area (Å²) in [5.41, 5.74) is 5.38. The first-order chi connectivity index (χ1) is 14.4. The Morgan fingerprint density at radius 3 is 2.20 bits per heavy atom. The van der Waals surface area contributed by atoms with Gasteiger partial charge in [0.15, 0.2) is 0 Å². The number of carbonyl (C=O) groups is 1. The van der Waals surface area contributed by atoms with E-state index in [1.165, 1.54) is 0 Å². The van der Waals surface area contributed by atoms with Gasteiger partial charge in [0, 0.05) is 31.2 Å². The number of hydrogen-bond donors (Lipinski definition) is 1. The summed E-state index contributed by atoms with van der Waals surface area (Å²) in [7, 11) is 4.03. The summed E-state index contributed by atoms with van der Waals surface area (Å²) in [6, 6.07) is 23.0. The van der Waals surface area contributed by atoms with Crippen LogP contribution in [0.5, 0.6) is 0 Å². The van der Waals surface area contributed by atoms with Crippen molar-refractivity contribution in [3.8, 4) is 0 Å². The lowest BCUT2D eigenvalue weighted by Crippen LogP contribution is -2.19. The van der Waals surface area contributed by atoms with E-state index in [-0.39, 0.29) is 11.6 Å². The number of nitrogens with zero attached hydrogens (tertiary/aromatic N) is 3. The van der Waals surface area contributed by atoms with Crippen molar-refractivity contribution < 1.29 is 9.90 Å². The van der Waals surface area contributed by atoms with E-state index in [1.54, 1.807) is 24.3 Å². The molecule has 0 unspecified atom stereocenters. The molecule has 0 aliphatic carbocycles. The Morgan fingerprint density at radius 1 is 1.00 bits per heavy atom. The van der Waals surface area contributed by atoms with Gasteiger partial charge in [0.2, 0.25) is 0 Å². The number of hydrazone groups is 1. The molecule has 30 heavy (non-hydrogen) atoms. The largest absolute Gasteiger partial charge is 0.478 e. The number of anilines is 2. The summed E-state index contributed by atoms with van der Waals surface area (Å²) < 4.78 is 0. The summed E-state index contributed by atoms with van der Waals surface area (Å²) in [6.45, 7) is 0. The lowest BCUT2D eigenvalue weighted by atomic mass is 9.98. The molecule has 152 valence electrons. The highest BCUT2D eigenvalue weighted by atomic mass is 35.5. The van der Waals surface area contributed by atoms with Gasteiger partial charge in [-0.25, -0.2) is 4.79 Å². The predicted molar refractivity (Wildman–Crippen MR) is 122 cm³/mol. The van der Waals surface area contributed by atoms with Gasteiger partial charge in [0.25, 0.3) is 0 Å². The number of hydrogen-bond acceptors (Lipinski definition) is 4. The lowest BCUT2D eigenvalue weighted by Gasteiger charge is -2.24. The minimum atomic E-state index is -0.941. The Hall–Kier alpha value is -3.31. The van der Waals surface area contributed by atoms with Gasteiger partial charge in [-0.3, -0.25) is 5.01 Å². The highest BCUT2D eigenvalue weighted by molar-refractivity contribution is 6.30. The fourth-order valence-corrected chi connectivity index (χ4v) is 3.70. The molecule has 0 aromatic heterocycles. The average molecular weight is 420 g/mol. The Morgan fingerprint density at radius 2 is 1.63 bits per heavy atom. The third-order valence-corrected chi connectivity index (χ3v) is 5.51. The maximum atomic E-state index is 11.2. The second kappa shape index (κ2) is 8.20. The summed E-state index contributed by atoms with van der Waals surface area (Å²) in [5.74, 6) is -0.941. The van der Waals surface area contributed by atoms with Crippen molar-refractivity contribution in [2.75, 3.05) is 24.0 Å². The third-order valence-electron chi connectivity index (χ3n) is 5.26. The van der Waals surface area contributed by atoms with Gasteiger partial charge in [-0.2, -0.15) is 5.10 Å². The van der Waals surface area contributed by atoms with E-state index in [2.05, 4.69) is 29.2 Å². The topological polar surface area (TPSA) is 56.1 Å². The minimum absolute atomic E-state index is 0.0163. The number of carboxylic acids is 1. The predicted octanol–water partition coefficient (Wildman–Crippen LogP) is 5.46. The van der Waals surface area contributed by atoms with E-state index < -0.39 is 5.97 Å². The van der Waals surface area contributed by atoms with Crippen molar-refractivity contribution in [2.45, 2.75) is 12.5 Å². The zero-order valence-corrected chi connectivity index (χ0v) is 17.5. The van der Waals surface area contributed by atoms with E-state index >= 15 is 0 Å². The molecule has 0 spiro atoms. The molecule has 0 bridgehead atoms. The molecule has 5 nitrogen and oxygen atoms in total. The van der Waals surface area contributed by atoms with Crippen molar-refractivity contribution in [2.24, 2.45) is 5.10 Å². The van der Waals surface area contributed by atoms with Gasteiger partial charge in [0.05, 0.1) is 23.0 Å².